The van der Waals surface area contributed by atoms with E-state index in [-0.39, 0.29) is 48.0 Å². The Balaban J connectivity index is 1.14. The topological polar surface area (TPSA) is 203 Å². The molecule has 3 saturated carbocycles. The molecule has 0 aromatic heterocycles. The Kier molecular flexibility index (Phi) is 10.1. The molecule has 1 amide bonds. The molecule has 0 bridgehead atoms. The number of carbonyl (C=O) groups is 5. The van der Waals surface area contributed by atoms with Gasteiger partial charge in [0.1, 0.15) is 11.6 Å². The quantitative estimate of drug-likeness (QED) is 0.198. The van der Waals surface area contributed by atoms with Crippen molar-refractivity contribution in [2.24, 2.45) is 28.6 Å². The third-order valence-corrected chi connectivity index (χ3v) is 12.0. The highest BCUT2D eigenvalue weighted by Crippen LogP contribution is 2.67. The van der Waals surface area contributed by atoms with Gasteiger partial charge in [-0.05, 0) is 85.8 Å². The van der Waals surface area contributed by atoms with Crippen molar-refractivity contribution in [3.8, 4) is 5.75 Å². The highest BCUT2D eigenvalue weighted by molar-refractivity contribution is 5.92. The van der Waals surface area contributed by atoms with Crippen molar-refractivity contribution in [1.29, 1.82) is 0 Å². The maximum atomic E-state index is 13.5. The number of nitrogens with one attached hydrogen (secondary N) is 1. The summed E-state index contributed by atoms with van der Waals surface area (Å²) in [5.74, 6) is -2.44. The summed E-state index contributed by atoms with van der Waals surface area (Å²) in [5, 5.41) is 44.2. The maximum absolute atomic E-state index is 13.5. The highest BCUT2D eigenvalue weighted by Gasteiger charge is 2.66. The van der Waals surface area contributed by atoms with E-state index in [1.54, 1.807) is 0 Å². The molecule has 0 spiro atoms. The van der Waals surface area contributed by atoms with Crippen molar-refractivity contribution < 1.29 is 54.1 Å². The van der Waals surface area contributed by atoms with Crippen LogP contribution in [-0.2, 0) is 39.9 Å². The molecule has 7 atom stereocenters. The average molecular weight is 670 g/mol. The number of esters is 2. The van der Waals surface area contributed by atoms with Crippen LogP contribution in [0.15, 0.2) is 29.8 Å². The molecule has 48 heavy (non-hydrogen) atoms. The van der Waals surface area contributed by atoms with Gasteiger partial charge in [0.05, 0.1) is 19.2 Å². The summed E-state index contributed by atoms with van der Waals surface area (Å²) in [7, 11) is 1.13. The van der Waals surface area contributed by atoms with Gasteiger partial charge in [-0.25, -0.2) is 4.79 Å². The van der Waals surface area contributed by atoms with Crippen molar-refractivity contribution >= 4 is 35.1 Å². The fraction of sp³-hybridized carbons (Fsp3) is 0.629. The number of nitrogens with zero attached hydrogens (tertiary/aromatic N) is 1. The molecule has 3 fully saturated rings. The van der Waals surface area contributed by atoms with E-state index in [0.29, 0.717) is 36.7 Å². The van der Waals surface area contributed by atoms with Crippen LogP contribution in [0, 0.1) is 28.6 Å². The first kappa shape index (κ1) is 35.5. The number of rotatable bonds is 11. The van der Waals surface area contributed by atoms with E-state index < -0.39 is 58.7 Å². The van der Waals surface area contributed by atoms with Crippen LogP contribution in [0.5, 0.6) is 5.75 Å². The second-order valence-electron chi connectivity index (χ2n) is 14.3. The summed E-state index contributed by atoms with van der Waals surface area (Å²) in [6.07, 6.45) is 6.64. The van der Waals surface area contributed by atoms with Gasteiger partial charge in [-0.1, -0.05) is 37.3 Å². The SMILES string of the molecule is COC(=O)C(Cc1ccc([O-])c(N(O)O)c1)NC(=O)CCC(=O)OCC(=O)C1(O)CCC2C3CCC4=CC(=O)CCC4(C)C3CCC21C. The van der Waals surface area contributed by atoms with Crippen LogP contribution in [0.4, 0.5) is 5.69 Å². The molecular formula is C35H45N2O11-. The van der Waals surface area contributed by atoms with Gasteiger partial charge in [0.25, 0.3) is 0 Å². The van der Waals surface area contributed by atoms with Gasteiger partial charge in [-0.15, -0.1) is 5.23 Å². The Bertz CT molecular complexity index is 1510. The van der Waals surface area contributed by atoms with Crippen LogP contribution in [0.2, 0.25) is 0 Å². The van der Waals surface area contributed by atoms with Crippen LogP contribution in [0.25, 0.3) is 0 Å². The van der Waals surface area contributed by atoms with Crippen molar-refractivity contribution in [3.05, 3.63) is 35.4 Å². The average Bonchev–Trinajstić information content (AvgIpc) is 3.34. The zero-order valence-electron chi connectivity index (χ0n) is 27.7. The predicted molar refractivity (Wildman–Crippen MR) is 166 cm³/mol. The molecule has 4 N–H and O–H groups in total. The number of ether oxygens (including phenoxy) is 2. The lowest BCUT2D eigenvalue weighted by Crippen LogP contribution is -2.58. The zero-order valence-corrected chi connectivity index (χ0v) is 27.7. The summed E-state index contributed by atoms with van der Waals surface area (Å²) < 4.78 is 9.99. The van der Waals surface area contributed by atoms with Gasteiger partial charge in [-0.3, -0.25) is 29.6 Å². The van der Waals surface area contributed by atoms with Crippen LogP contribution in [-0.4, -0.2) is 70.3 Å². The second kappa shape index (κ2) is 13.6. The minimum atomic E-state index is -1.64. The third kappa shape index (κ3) is 6.47. The lowest BCUT2D eigenvalue weighted by Gasteiger charge is -2.58. The summed E-state index contributed by atoms with van der Waals surface area (Å²) >= 11 is 0. The first-order valence-electron chi connectivity index (χ1n) is 16.6. The molecule has 5 rings (SSSR count). The number of anilines is 1. The third-order valence-electron chi connectivity index (χ3n) is 12.0. The number of hydrogen-bond acceptors (Lipinski definition) is 12. The minimum Gasteiger partial charge on any atom is -0.871 e. The molecule has 7 unspecified atom stereocenters. The summed E-state index contributed by atoms with van der Waals surface area (Å²) in [6.45, 7) is 3.65. The maximum Gasteiger partial charge on any atom is 0.328 e. The van der Waals surface area contributed by atoms with Crippen molar-refractivity contribution in [1.82, 2.24) is 5.32 Å². The molecule has 13 nitrogen and oxygen atoms in total. The van der Waals surface area contributed by atoms with E-state index in [1.165, 1.54) is 11.6 Å². The second-order valence-corrected chi connectivity index (χ2v) is 14.3. The standard InChI is InChI=1S/C35H46N2O11/c1-33-13-10-22(38)18-21(33)5-6-23-24(33)11-14-34(2)25(23)12-15-35(34,44)29(40)19-48-31(42)9-8-30(41)36-26(32(43)47-3)16-20-4-7-28(39)27(17-20)37(45)46/h4,7,17-18,23-26,39,44-46H,5-6,8-16,19H2,1-3H3,(H,36,41)/p-1. The minimum absolute atomic E-state index is 0.0316. The molecule has 13 heteroatoms. The van der Waals surface area contributed by atoms with Crippen molar-refractivity contribution in [2.75, 3.05) is 18.9 Å². The first-order chi connectivity index (χ1) is 22.6. The van der Waals surface area contributed by atoms with Crippen LogP contribution >= 0.6 is 0 Å². The van der Waals surface area contributed by atoms with Crippen LogP contribution in [0.1, 0.15) is 83.6 Å². The Morgan fingerprint density at radius 2 is 1.77 bits per heavy atom. The molecule has 1 aromatic carbocycles. The fourth-order valence-corrected chi connectivity index (χ4v) is 9.27. The van der Waals surface area contributed by atoms with Crippen molar-refractivity contribution in [3.63, 3.8) is 0 Å². The molecule has 0 radical (unpaired) electrons. The van der Waals surface area contributed by atoms with E-state index in [4.69, 9.17) is 9.47 Å². The first-order valence-corrected chi connectivity index (χ1v) is 16.6. The number of Topliss-reactive ketones (excluding diaryl/α,β-unsaturated/α-hetero) is 1. The lowest BCUT2D eigenvalue weighted by atomic mass is 9.46. The molecule has 0 heterocycles. The van der Waals surface area contributed by atoms with E-state index in [1.807, 2.05) is 13.0 Å². The predicted octanol–water partition coefficient (Wildman–Crippen LogP) is 2.70. The van der Waals surface area contributed by atoms with E-state index in [0.717, 1.165) is 44.9 Å². The van der Waals surface area contributed by atoms with Gasteiger partial charge >= 0.3 is 11.9 Å². The number of aliphatic hydroxyl groups is 1. The monoisotopic (exact) mass is 669 g/mol. The smallest absolute Gasteiger partial charge is 0.328 e. The Hall–Kier alpha value is -3.81. The largest absolute Gasteiger partial charge is 0.871 e. The molecule has 0 saturated heterocycles. The fourth-order valence-electron chi connectivity index (χ4n) is 9.27. The van der Waals surface area contributed by atoms with Crippen LogP contribution in [0.3, 0.4) is 0 Å². The molecule has 1 aromatic rings. The number of amides is 1. The summed E-state index contributed by atoms with van der Waals surface area (Å²) in [6, 6.07) is 2.38. The van der Waals surface area contributed by atoms with Gasteiger partial charge < -0.3 is 25.0 Å². The molecular weight excluding hydrogens is 624 g/mol. The number of allylic oxidation sites excluding steroid dienone is 1. The van der Waals surface area contributed by atoms with Gasteiger partial charge in [0, 0.05) is 24.7 Å². The number of methoxy groups -OCH3 is 1. The van der Waals surface area contributed by atoms with Crippen molar-refractivity contribution in [2.45, 2.75) is 96.1 Å². The highest BCUT2D eigenvalue weighted by atomic mass is 16.8. The molecule has 4 aliphatic carbocycles. The number of ketones is 2. The van der Waals surface area contributed by atoms with E-state index >= 15 is 0 Å². The molecule has 4 aliphatic rings. The number of carbonyl (C=O) groups excluding carboxylic acids is 5. The normalized spacial score (nSPS) is 31.3. The number of hydrogen-bond donors (Lipinski definition) is 4. The Labute approximate surface area is 279 Å². The Morgan fingerprint density at radius 3 is 2.48 bits per heavy atom. The number of fused-ring (bicyclic) bond motifs is 5. The van der Waals surface area contributed by atoms with Crippen LogP contribution < -0.4 is 15.6 Å². The van der Waals surface area contributed by atoms with E-state index in [2.05, 4.69) is 12.2 Å². The van der Waals surface area contributed by atoms with Gasteiger partial charge in [-0.2, -0.15) is 0 Å². The molecule has 0 aliphatic heterocycles. The Morgan fingerprint density at radius 1 is 1.04 bits per heavy atom. The molecule has 262 valence electrons. The van der Waals surface area contributed by atoms with Gasteiger partial charge in [0.2, 0.25) is 11.7 Å². The lowest BCUT2D eigenvalue weighted by molar-refractivity contribution is -0.268. The summed E-state index contributed by atoms with van der Waals surface area (Å²) in [5.41, 5.74) is -1.21. The van der Waals surface area contributed by atoms with E-state index in [9.17, 15) is 44.6 Å². The van der Waals surface area contributed by atoms with Gasteiger partial charge in [0.15, 0.2) is 12.4 Å². The zero-order chi connectivity index (χ0) is 35.0. The summed E-state index contributed by atoms with van der Waals surface area (Å²) in [4.78, 5) is 63.2. The number of benzene rings is 1.